The Morgan fingerprint density at radius 2 is 2.12 bits per heavy atom. The highest BCUT2D eigenvalue weighted by atomic mass is 16.3. The van der Waals surface area contributed by atoms with Crippen molar-refractivity contribution in [3.05, 3.63) is 36.4 Å². The summed E-state index contributed by atoms with van der Waals surface area (Å²) in [5.74, 6) is 1.14. The molecular weight excluding hydrogens is 330 g/mol. The Labute approximate surface area is 152 Å². The van der Waals surface area contributed by atoms with E-state index in [4.69, 9.17) is 0 Å². The zero-order valence-corrected chi connectivity index (χ0v) is 15.3. The largest absolute Gasteiger partial charge is 0.394 e. The Bertz CT molecular complexity index is 843. The minimum atomic E-state index is -0.0888. The number of fused-ring (bicyclic) bond motifs is 1. The summed E-state index contributed by atoms with van der Waals surface area (Å²) in [7, 11) is 0. The van der Waals surface area contributed by atoms with Gasteiger partial charge in [0, 0.05) is 25.0 Å². The van der Waals surface area contributed by atoms with E-state index in [2.05, 4.69) is 44.4 Å². The van der Waals surface area contributed by atoms with Crippen LogP contribution in [0.15, 0.2) is 30.9 Å². The number of aromatic nitrogens is 5. The fourth-order valence-corrected chi connectivity index (χ4v) is 2.63. The van der Waals surface area contributed by atoms with Crippen LogP contribution in [0.25, 0.3) is 11.2 Å². The molecule has 0 fully saturated rings. The van der Waals surface area contributed by atoms with Crippen LogP contribution in [0.1, 0.15) is 38.8 Å². The predicted molar refractivity (Wildman–Crippen MR) is 102 cm³/mol. The number of anilines is 2. The third kappa shape index (κ3) is 3.91. The molecule has 26 heavy (non-hydrogen) atoms. The standard InChI is InChI=1S/C18H25N7O/c1-4-14(10-26)22-18-23-16(20-9-13-6-5-7-19-8-13)15-17(24-18)25(11-21-15)12(2)3/h5-8,11-12,14,26H,4,9-10H2,1-3H3,(H2,20,22,23,24)/t14-/m0/s1. The van der Waals surface area contributed by atoms with E-state index in [0.29, 0.717) is 18.3 Å². The molecule has 0 bridgehead atoms. The fraction of sp³-hybridized carbons (Fsp3) is 0.444. The van der Waals surface area contributed by atoms with Crippen molar-refractivity contribution in [3.63, 3.8) is 0 Å². The Morgan fingerprint density at radius 3 is 2.77 bits per heavy atom. The van der Waals surface area contributed by atoms with Gasteiger partial charge in [-0.2, -0.15) is 9.97 Å². The second kappa shape index (κ2) is 8.09. The molecule has 8 nitrogen and oxygen atoms in total. The van der Waals surface area contributed by atoms with Gasteiger partial charge >= 0.3 is 0 Å². The molecule has 8 heteroatoms. The summed E-state index contributed by atoms with van der Waals surface area (Å²) in [6.45, 7) is 6.79. The van der Waals surface area contributed by atoms with Gasteiger partial charge in [-0.25, -0.2) is 4.98 Å². The Balaban J connectivity index is 1.96. The van der Waals surface area contributed by atoms with Gasteiger partial charge in [-0.15, -0.1) is 0 Å². The van der Waals surface area contributed by atoms with E-state index in [1.165, 1.54) is 0 Å². The zero-order chi connectivity index (χ0) is 18.5. The normalized spacial score (nSPS) is 12.5. The fourth-order valence-electron chi connectivity index (χ4n) is 2.63. The van der Waals surface area contributed by atoms with Crippen LogP contribution in [-0.4, -0.2) is 42.3 Å². The van der Waals surface area contributed by atoms with Gasteiger partial charge in [0.25, 0.3) is 0 Å². The van der Waals surface area contributed by atoms with Crippen molar-refractivity contribution in [1.82, 2.24) is 24.5 Å². The number of hydrogen-bond acceptors (Lipinski definition) is 7. The Morgan fingerprint density at radius 1 is 1.27 bits per heavy atom. The van der Waals surface area contributed by atoms with Gasteiger partial charge in [-0.1, -0.05) is 13.0 Å². The van der Waals surface area contributed by atoms with Crippen molar-refractivity contribution in [2.45, 2.75) is 45.8 Å². The molecule has 0 unspecified atom stereocenters. The first-order valence-corrected chi connectivity index (χ1v) is 8.87. The maximum atomic E-state index is 9.47. The maximum Gasteiger partial charge on any atom is 0.227 e. The van der Waals surface area contributed by atoms with E-state index >= 15 is 0 Å². The number of rotatable bonds is 8. The monoisotopic (exact) mass is 355 g/mol. The molecule has 3 aromatic heterocycles. The summed E-state index contributed by atoms with van der Waals surface area (Å²) in [5, 5.41) is 16.0. The van der Waals surface area contributed by atoms with Gasteiger partial charge in [-0.3, -0.25) is 4.98 Å². The summed E-state index contributed by atoms with van der Waals surface area (Å²) < 4.78 is 2.01. The topological polar surface area (TPSA) is 101 Å². The molecule has 3 N–H and O–H groups in total. The van der Waals surface area contributed by atoms with Crippen LogP contribution in [0.2, 0.25) is 0 Å². The average molecular weight is 355 g/mol. The number of hydrogen-bond donors (Lipinski definition) is 3. The first-order valence-electron chi connectivity index (χ1n) is 8.87. The molecule has 3 rings (SSSR count). The van der Waals surface area contributed by atoms with Gasteiger partial charge in [0.05, 0.1) is 19.0 Å². The number of pyridine rings is 1. The van der Waals surface area contributed by atoms with Crippen LogP contribution >= 0.6 is 0 Å². The van der Waals surface area contributed by atoms with E-state index in [1.54, 1.807) is 12.5 Å². The van der Waals surface area contributed by atoms with Crippen LogP contribution < -0.4 is 10.6 Å². The number of aliphatic hydroxyl groups is 1. The first-order chi connectivity index (χ1) is 12.6. The molecule has 3 aromatic rings. The van der Waals surface area contributed by atoms with Crippen molar-refractivity contribution < 1.29 is 5.11 Å². The highest BCUT2D eigenvalue weighted by molar-refractivity contribution is 5.84. The van der Waals surface area contributed by atoms with Crippen LogP contribution in [-0.2, 0) is 6.54 Å². The number of aliphatic hydroxyl groups excluding tert-OH is 1. The molecule has 0 saturated carbocycles. The molecule has 3 heterocycles. The molecule has 0 spiro atoms. The first kappa shape index (κ1) is 18.1. The van der Waals surface area contributed by atoms with Crippen LogP contribution in [0, 0.1) is 0 Å². The van der Waals surface area contributed by atoms with Gasteiger partial charge in [0.2, 0.25) is 5.95 Å². The number of nitrogens with zero attached hydrogens (tertiary/aromatic N) is 5. The summed E-state index contributed by atoms with van der Waals surface area (Å²) >= 11 is 0. The highest BCUT2D eigenvalue weighted by Crippen LogP contribution is 2.24. The molecular formula is C18H25N7O. The lowest BCUT2D eigenvalue weighted by atomic mass is 10.2. The summed E-state index contributed by atoms with van der Waals surface area (Å²) in [4.78, 5) is 17.8. The molecule has 0 amide bonds. The lowest BCUT2D eigenvalue weighted by Crippen LogP contribution is -2.24. The SMILES string of the molecule is CC[C@@H](CO)Nc1nc(NCc2cccnc2)c2ncn(C(C)C)c2n1. The zero-order valence-electron chi connectivity index (χ0n) is 15.3. The van der Waals surface area contributed by atoms with E-state index in [0.717, 1.165) is 23.1 Å². The Kier molecular flexibility index (Phi) is 5.62. The maximum absolute atomic E-state index is 9.47. The average Bonchev–Trinajstić information content (AvgIpc) is 3.09. The van der Waals surface area contributed by atoms with E-state index in [-0.39, 0.29) is 18.7 Å². The third-order valence-electron chi connectivity index (χ3n) is 4.21. The lowest BCUT2D eigenvalue weighted by Gasteiger charge is -2.16. The van der Waals surface area contributed by atoms with Gasteiger partial charge < -0.3 is 20.3 Å². The minimum Gasteiger partial charge on any atom is -0.394 e. The third-order valence-corrected chi connectivity index (χ3v) is 4.21. The van der Waals surface area contributed by atoms with Gasteiger partial charge in [-0.05, 0) is 31.9 Å². The van der Waals surface area contributed by atoms with Crippen LogP contribution in [0.4, 0.5) is 11.8 Å². The van der Waals surface area contributed by atoms with Crippen molar-refractivity contribution in [1.29, 1.82) is 0 Å². The molecule has 0 radical (unpaired) electrons. The van der Waals surface area contributed by atoms with Crippen molar-refractivity contribution >= 4 is 22.9 Å². The molecule has 0 aromatic carbocycles. The number of imidazole rings is 1. The molecule has 0 aliphatic rings. The van der Waals surface area contributed by atoms with Gasteiger partial charge in [0.1, 0.15) is 0 Å². The minimum absolute atomic E-state index is 0.0276. The molecule has 1 atom stereocenters. The smallest absolute Gasteiger partial charge is 0.227 e. The van der Waals surface area contributed by atoms with Crippen LogP contribution in [0.5, 0.6) is 0 Å². The summed E-state index contributed by atoms with van der Waals surface area (Å²) in [6, 6.07) is 4.05. The predicted octanol–water partition coefficient (Wildman–Crippen LogP) is 2.60. The highest BCUT2D eigenvalue weighted by Gasteiger charge is 2.16. The van der Waals surface area contributed by atoms with E-state index in [9.17, 15) is 5.11 Å². The summed E-state index contributed by atoms with van der Waals surface area (Å²) in [5.41, 5.74) is 2.54. The second-order valence-corrected chi connectivity index (χ2v) is 6.46. The second-order valence-electron chi connectivity index (χ2n) is 6.46. The molecule has 0 aliphatic carbocycles. The summed E-state index contributed by atoms with van der Waals surface area (Å²) in [6.07, 6.45) is 6.13. The quantitative estimate of drug-likeness (QED) is 0.571. The Hall–Kier alpha value is -2.74. The van der Waals surface area contributed by atoms with Crippen molar-refractivity contribution in [3.8, 4) is 0 Å². The van der Waals surface area contributed by atoms with E-state index in [1.807, 2.05) is 29.8 Å². The molecule has 0 saturated heterocycles. The van der Waals surface area contributed by atoms with E-state index < -0.39 is 0 Å². The molecule has 138 valence electrons. The number of nitrogens with one attached hydrogen (secondary N) is 2. The van der Waals surface area contributed by atoms with Gasteiger partial charge in [0.15, 0.2) is 17.0 Å². The molecule has 0 aliphatic heterocycles. The van der Waals surface area contributed by atoms with Crippen LogP contribution in [0.3, 0.4) is 0 Å². The lowest BCUT2D eigenvalue weighted by molar-refractivity contribution is 0.271. The van der Waals surface area contributed by atoms with Crippen molar-refractivity contribution in [2.24, 2.45) is 0 Å². The van der Waals surface area contributed by atoms with Crippen molar-refractivity contribution in [2.75, 3.05) is 17.2 Å².